The molecule has 0 saturated carbocycles. The van der Waals surface area contributed by atoms with E-state index in [0.717, 1.165) is 6.07 Å². The van der Waals surface area contributed by atoms with E-state index < -0.39 is 11.7 Å². The Morgan fingerprint density at radius 1 is 1.47 bits per heavy atom. The second kappa shape index (κ2) is 6.10. The highest BCUT2D eigenvalue weighted by atomic mass is 19.1. The van der Waals surface area contributed by atoms with E-state index in [2.05, 4.69) is 10.4 Å². The fourth-order valence-electron chi connectivity index (χ4n) is 1.69. The van der Waals surface area contributed by atoms with Crippen LogP contribution < -0.4 is 11.1 Å². The van der Waals surface area contributed by atoms with Crippen molar-refractivity contribution in [3.63, 3.8) is 0 Å². The predicted octanol–water partition coefficient (Wildman–Crippen LogP) is 0.911. The smallest absolute Gasteiger partial charge is 0.248 e. The van der Waals surface area contributed by atoms with Gasteiger partial charge in [-0.3, -0.25) is 9.48 Å². The molecule has 0 atom stereocenters. The number of nitrogens with one attached hydrogen (secondary N) is 1. The Hall–Kier alpha value is -2.21. The molecule has 0 aliphatic heterocycles. The summed E-state index contributed by atoms with van der Waals surface area (Å²) in [6.45, 7) is 1.79. The van der Waals surface area contributed by atoms with Crippen molar-refractivity contribution in [2.75, 3.05) is 6.54 Å². The molecule has 1 heterocycles. The molecule has 100 valence electrons. The number of rotatable bonds is 6. The van der Waals surface area contributed by atoms with Gasteiger partial charge in [0, 0.05) is 36.6 Å². The van der Waals surface area contributed by atoms with Crippen molar-refractivity contribution in [3.05, 3.63) is 53.6 Å². The van der Waals surface area contributed by atoms with E-state index in [1.54, 1.807) is 16.9 Å². The summed E-state index contributed by atoms with van der Waals surface area (Å²) >= 11 is 0. The molecule has 0 bridgehead atoms. The highest BCUT2D eigenvalue weighted by molar-refractivity contribution is 5.92. The van der Waals surface area contributed by atoms with Gasteiger partial charge in [-0.05, 0) is 18.2 Å². The van der Waals surface area contributed by atoms with Crippen LogP contribution in [0.2, 0.25) is 0 Å². The third-order valence-corrected chi connectivity index (χ3v) is 2.73. The van der Waals surface area contributed by atoms with Gasteiger partial charge in [-0.2, -0.15) is 5.10 Å². The summed E-state index contributed by atoms with van der Waals surface area (Å²) in [5.74, 6) is -1.06. The molecule has 0 aliphatic carbocycles. The third kappa shape index (κ3) is 3.62. The van der Waals surface area contributed by atoms with Crippen LogP contribution >= 0.6 is 0 Å². The van der Waals surface area contributed by atoms with Crippen molar-refractivity contribution in [2.45, 2.75) is 13.1 Å². The Kier molecular flexibility index (Phi) is 4.25. The van der Waals surface area contributed by atoms with Crippen LogP contribution in [0.5, 0.6) is 0 Å². The second-order valence-corrected chi connectivity index (χ2v) is 4.12. The summed E-state index contributed by atoms with van der Waals surface area (Å²) in [5, 5.41) is 7.17. The molecule has 0 spiro atoms. The van der Waals surface area contributed by atoms with Crippen molar-refractivity contribution in [2.24, 2.45) is 5.73 Å². The maximum atomic E-state index is 13.6. The number of hydrogen-bond donors (Lipinski definition) is 2. The zero-order chi connectivity index (χ0) is 13.7. The van der Waals surface area contributed by atoms with Crippen LogP contribution in [0.25, 0.3) is 0 Å². The molecule has 1 aromatic heterocycles. The van der Waals surface area contributed by atoms with Gasteiger partial charge >= 0.3 is 0 Å². The molecule has 0 fully saturated rings. The van der Waals surface area contributed by atoms with Crippen LogP contribution in [0.1, 0.15) is 15.9 Å². The van der Waals surface area contributed by atoms with Gasteiger partial charge in [-0.25, -0.2) is 4.39 Å². The van der Waals surface area contributed by atoms with Crippen molar-refractivity contribution in [1.29, 1.82) is 0 Å². The summed E-state index contributed by atoms with van der Waals surface area (Å²) in [6.07, 6.45) is 3.58. The number of hydrogen-bond acceptors (Lipinski definition) is 3. The maximum Gasteiger partial charge on any atom is 0.248 e. The number of nitrogens with two attached hydrogens (primary N) is 1. The molecule has 5 nitrogen and oxygen atoms in total. The van der Waals surface area contributed by atoms with Crippen LogP contribution in [-0.2, 0) is 13.1 Å². The number of amides is 1. The van der Waals surface area contributed by atoms with E-state index in [0.29, 0.717) is 25.2 Å². The molecule has 3 N–H and O–H groups in total. The van der Waals surface area contributed by atoms with Gasteiger partial charge in [-0.15, -0.1) is 0 Å². The first kappa shape index (κ1) is 13.2. The fourth-order valence-corrected chi connectivity index (χ4v) is 1.69. The average molecular weight is 262 g/mol. The van der Waals surface area contributed by atoms with E-state index >= 15 is 0 Å². The number of carbonyl (C=O) groups is 1. The lowest BCUT2D eigenvalue weighted by atomic mass is 10.1. The van der Waals surface area contributed by atoms with Crippen LogP contribution in [-0.4, -0.2) is 22.2 Å². The predicted molar refractivity (Wildman–Crippen MR) is 68.9 cm³/mol. The standard InChI is InChI=1S/C13H15FN4O/c14-12-8-10(13(15)19)2-3-11(12)9-16-5-7-18-6-1-4-17-18/h1-4,6,8,16H,5,7,9H2,(H2,15,19). The molecule has 0 unspecified atom stereocenters. The van der Waals surface area contributed by atoms with Crippen molar-refractivity contribution in [3.8, 4) is 0 Å². The molecule has 19 heavy (non-hydrogen) atoms. The lowest BCUT2D eigenvalue weighted by Gasteiger charge is -2.07. The molecular weight excluding hydrogens is 247 g/mol. The molecule has 1 amide bonds. The Balaban J connectivity index is 1.84. The Labute approximate surface area is 110 Å². The van der Waals surface area contributed by atoms with Crippen molar-refractivity contribution < 1.29 is 9.18 Å². The first-order chi connectivity index (χ1) is 9.16. The Morgan fingerprint density at radius 2 is 2.32 bits per heavy atom. The number of benzene rings is 1. The molecular formula is C13H15FN4O. The second-order valence-electron chi connectivity index (χ2n) is 4.12. The zero-order valence-electron chi connectivity index (χ0n) is 10.3. The molecule has 6 heteroatoms. The summed E-state index contributed by atoms with van der Waals surface area (Å²) in [5.41, 5.74) is 5.76. The highest BCUT2D eigenvalue weighted by Gasteiger charge is 2.06. The number of carbonyl (C=O) groups excluding carboxylic acids is 1. The minimum Gasteiger partial charge on any atom is -0.366 e. The lowest BCUT2D eigenvalue weighted by molar-refractivity contribution is 0.1000. The molecule has 1 aromatic carbocycles. The monoisotopic (exact) mass is 262 g/mol. The fraction of sp³-hybridized carbons (Fsp3) is 0.231. The van der Waals surface area contributed by atoms with Crippen LogP contribution in [0, 0.1) is 5.82 Å². The molecule has 2 rings (SSSR count). The normalized spacial score (nSPS) is 10.6. The average Bonchev–Trinajstić information content (AvgIpc) is 2.89. The lowest BCUT2D eigenvalue weighted by Crippen LogP contribution is -2.20. The van der Waals surface area contributed by atoms with Gasteiger partial charge in [0.25, 0.3) is 0 Å². The molecule has 0 saturated heterocycles. The minimum absolute atomic E-state index is 0.179. The molecule has 0 aliphatic rings. The summed E-state index contributed by atoms with van der Waals surface area (Å²) in [6, 6.07) is 6.10. The van der Waals surface area contributed by atoms with Crippen molar-refractivity contribution >= 4 is 5.91 Å². The van der Waals surface area contributed by atoms with Gasteiger partial charge in [0.05, 0.1) is 6.54 Å². The minimum atomic E-state index is -0.628. The Bertz CT molecular complexity index is 554. The summed E-state index contributed by atoms with van der Waals surface area (Å²) < 4.78 is 15.4. The van der Waals surface area contributed by atoms with Gasteiger partial charge in [0.1, 0.15) is 5.82 Å². The van der Waals surface area contributed by atoms with E-state index in [1.807, 2.05) is 12.3 Å². The topological polar surface area (TPSA) is 72.9 Å². The van der Waals surface area contributed by atoms with E-state index in [4.69, 9.17) is 5.73 Å². The van der Waals surface area contributed by atoms with E-state index in [-0.39, 0.29) is 5.56 Å². The van der Waals surface area contributed by atoms with Gasteiger partial charge < -0.3 is 11.1 Å². The Morgan fingerprint density at radius 3 is 2.95 bits per heavy atom. The van der Waals surface area contributed by atoms with E-state index in [9.17, 15) is 9.18 Å². The number of aromatic nitrogens is 2. The van der Waals surface area contributed by atoms with Crippen LogP contribution in [0.15, 0.2) is 36.7 Å². The van der Waals surface area contributed by atoms with Gasteiger partial charge in [0.15, 0.2) is 0 Å². The van der Waals surface area contributed by atoms with E-state index in [1.165, 1.54) is 6.07 Å². The number of nitrogens with zero attached hydrogens (tertiary/aromatic N) is 2. The van der Waals surface area contributed by atoms with Crippen LogP contribution in [0.4, 0.5) is 4.39 Å². The quantitative estimate of drug-likeness (QED) is 0.760. The zero-order valence-corrected chi connectivity index (χ0v) is 10.3. The highest BCUT2D eigenvalue weighted by Crippen LogP contribution is 2.09. The van der Waals surface area contributed by atoms with Crippen LogP contribution in [0.3, 0.4) is 0 Å². The third-order valence-electron chi connectivity index (χ3n) is 2.73. The number of halogens is 1. The van der Waals surface area contributed by atoms with Gasteiger partial charge in [-0.1, -0.05) is 6.07 Å². The first-order valence-electron chi connectivity index (χ1n) is 5.93. The first-order valence-corrected chi connectivity index (χ1v) is 5.93. The largest absolute Gasteiger partial charge is 0.366 e. The SMILES string of the molecule is NC(=O)c1ccc(CNCCn2cccn2)c(F)c1. The van der Waals surface area contributed by atoms with Gasteiger partial charge in [0.2, 0.25) is 5.91 Å². The molecule has 0 radical (unpaired) electrons. The summed E-state index contributed by atoms with van der Waals surface area (Å²) in [7, 11) is 0. The van der Waals surface area contributed by atoms with Crippen molar-refractivity contribution in [1.82, 2.24) is 15.1 Å². The number of primary amides is 1. The summed E-state index contributed by atoms with van der Waals surface area (Å²) in [4.78, 5) is 10.9. The maximum absolute atomic E-state index is 13.6. The molecule has 2 aromatic rings.